The maximum Gasteiger partial charge on any atom is 0.0462 e. The molecule has 2 nitrogen and oxygen atoms in total. The van der Waals surface area contributed by atoms with Gasteiger partial charge in [0.1, 0.15) is 0 Å². The summed E-state index contributed by atoms with van der Waals surface area (Å²) in [5.41, 5.74) is 1.34. The second-order valence-electron chi connectivity index (χ2n) is 4.46. The number of rotatable bonds is 3. The summed E-state index contributed by atoms with van der Waals surface area (Å²) in [7, 11) is 0. The Bertz CT molecular complexity index is 285. The molecule has 15 heavy (non-hydrogen) atoms. The van der Waals surface area contributed by atoms with Crippen LogP contribution in [0, 0.1) is 11.8 Å². The van der Waals surface area contributed by atoms with Crippen LogP contribution in [-0.2, 0) is 0 Å². The van der Waals surface area contributed by atoms with E-state index in [4.69, 9.17) is 0 Å². The van der Waals surface area contributed by atoms with Gasteiger partial charge < -0.3 is 10.2 Å². The van der Waals surface area contributed by atoms with Crippen LogP contribution in [0.25, 0.3) is 0 Å². The molecule has 1 aromatic rings. The summed E-state index contributed by atoms with van der Waals surface area (Å²) < 4.78 is 0. The quantitative estimate of drug-likeness (QED) is 0.791. The van der Waals surface area contributed by atoms with E-state index in [-0.39, 0.29) is 25.0 Å². The Morgan fingerprint density at radius 3 is 1.93 bits per heavy atom. The predicted octanol–water partition coefficient (Wildman–Crippen LogP) is 1.78. The number of benzene rings is 1. The summed E-state index contributed by atoms with van der Waals surface area (Å²) in [6.07, 6.45) is 2.01. The maximum absolute atomic E-state index is 9.22. The lowest BCUT2D eigenvalue weighted by Gasteiger charge is -2.12. The molecule has 0 aliphatic heterocycles. The average Bonchev–Trinajstić information content (AvgIpc) is 2.73. The monoisotopic (exact) mass is 206 g/mol. The topological polar surface area (TPSA) is 40.5 Å². The smallest absolute Gasteiger partial charge is 0.0462 e. The van der Waals surface area contributed by atoms with E-state index in [1.807, 2.05) is 6.07 Å². The third-order valence-electron chi connectivity index (χ3n) is 3.58. The van der Waals surface area contributed by atoms with E-state index in [1.54, 1.807) is 0 Å². The van der Waals surface area contributed by atoms with Crippen molar-refractivity contribution in [3.63, 3.8) is 0 Å². The molecule has 1 saturated carbocycles. The van der Waals surface area contributed by atoms with Crippen LogP contribution in [-0.4, -0.2) is 23.4 Å². The molecule has 1 aromatic carbocycles. The molecular weight excluding hydrogens is 188 g/mol. The van der Waals surface area contributed by atoms with E-state index in [2.05, 4.69) is 24.3 Å². The first-order valence-corrected chi connectivity index (χ1v) is 5.61. The normalized spacial score (nSPS) is 30.7. The Balaban J connectivity index is 2.08. The zero-order valence-electron chi connectivity index (χ0n) is 8.84. The fraction of sp³-hybridized carbons (Fsp3) is 0.538. The van der Waals surface area contributed by atoms with Crippen LogP contribution >= 0.6 is 0 Å². The highest BCUT2D eigenvalue weighted by Crippen LogP contribution is 2.41. The average molecular weight is 206 g/mol. The van der Waals surface area contributed by atoms with Crippen molar-refractivity contribution >= 4 is 0 Å². The van der Waals surface area contributed by atoms with Gasteiger partial charge >= 0.3 is 0 Å². The van der Waals surface area contributed by atoms with Crippen molar-refractivity contribution in [3.8, 4) is 0 Å². The first-order chi connectivity index (χ1) is 7.35. The van der Waals surface area contributed by atoms with Crippen molar-refractivity contribution in [2.24, 2.45) is 11.8 Å². The van der Waals surface area contributed by atoms with E-state index < -0.39 is 0 Å². The third-order valence-corrected chi connectivity index (χ3v) is 3.58. The fourth-order valence-electron chi connectivity index (χ4n) is 2.66. The Morgan fingerprint density at radius 1 is 0.933 bits per heavy atom. The number of aliphatic hydroxyl groups is 2. The molecule has 0 saturated heterocycles. The number of aliphatic hydroxyl groups excluding tert-OH is 2. The zero-order valence-corrected chi connectivity index (χ0v) is 8.84. The molecule has 0 radical (unpaired) electrons. The van der Waals surface area contributed by atoms with Crippen LogP contribution in [0.3, 0.4) is 0 Å². The fourth-order valence-corrected chi connectivity index (χ4v) is 2.66. The van der Waals surface area contributed by atoms with E-state index in [1.165, 1.54) is 5.56 Å². The third kappa shape index (κ3) is 2.21. The van der Waals surface area contributed by atoms with Crippen LogP contribution in [0.1, 0.15) is 24.3 Å². The Labute approximate surface area is 90.6 Å². The summed E-state index contributed by atoms with van der Waals surface area (Å²) in [5.74, 6) is 1.07. The van der Waals surface area contributed by atoms with E-state index in [0.717, 1.165) is 12.8 Å². The van der Waals surface area contributed by atoms with Crippen LogP contribution in [0.15, 0.2) is 30.3 Å². The number of hydrogen-bond donors (Lipinski definition) is 2. The summed E-state index contributed by atoms with van der Waals surface area (Å²) in [6.45, 7) is 0.406. The van der Waals surface area contributed by atoms with Gasteiger partial charge in [-0.2, -0.15) is 0 Å². The van der Waals surface area contributed by atoms with Gasteiger partial charge in [-0.05, 0) is 36.2 Å². The molecule has 2 rings (SSSR count). The minimum Gasteiger partial charge on any atom is -0.396 e. The van der Waals surface area contributed by atoms with Gasteiger partial charge in [-0.1, -0.05) is 30.3 Å². The van der Waals surface area contributed by atoms with Gasteiger partial charge in [-0.15, -0.1) is 0 Å². The second kappa shape index (κ2) is 4.77. The highest BCUT2D eigenvalue weighted by atomic mass is 16.3. The van der Waals surface area contributed by atoms with Gasteiger partial charge in [0.2, 0.25) is 0 Å². The predicted molar refractivity (Wildman–Crippen MR) is 59.6 cm³/mol. The maximum atomic E-state index is 9.22. The summed E-state index contributed by atoms with van der Waals surface area (Å²) in [6, 6.07) is 10.4. The Hall–Kier alpha value is -0.860. The first-order valence-electron chi connectivity index (χ1n) is 5.61. The molecule has 0 amide bonds. The SMILES string of the molecule is OCC1CC(c2ccccc2)C[C@H]1CO. The molecule has 2 heteroatoms. The van der Waals surface area contributed by atoms with Crippen molar-refractivity contribution in [1.82, 2.24) is 0 Å². The van der Waals surface area contributed by atoms with Gasteiger partial charge in [0.25, 0.3) is 0 Å². The molecule has 0 spiro atoms. The van der Waals surface area contributed by atoms with E-state index >= 15 is 0 Å². The van der Waals surface area contributed by atoms with E-state index in [0.29, 0.717) is 5.92 Å². The molecule has 1 aliphatic carbocycles. The molecule has 1 aliphatic rings. The van der Waals surface area contributed by atoms with Gasteiger partial charge in [0, 0.05) is 13.2 Å². The molecule has 0 aromatic heterocycles. The molecular formula is C13H18O2. The number of hydrogen-bond acceptors (Lipinski definition) is 2. The Morgan fingerprint density at radius 2 is 1.47 bits per heavy atom. The lowest BCUT2D eigenvalue weighted by molar-refractivity contribution is 0.141. The van der Waals surface area contributed by atoms with Crippen molar-refractivity contribution in [3.05, 3.63) is 35.9 Å². The second-order valence-corrected chi connectivity index (χ2v) is 4.46. The Kier molecular flexibility index (Phi) is 3.39. The molecule has 82 valence electrons. The standard InChI is InChI=1S/C13H18O2/c14-8-12-6-11(7-13(12)9-15)10-4-2-1-3-5-10/h1-5,11-15H,6-9H2/t11?,12-,13?/m0/s1. The molecule has 3 atom stereocenters. The van der Waals surface area contributed by atoms with Crippen LogP contribution in [0.5, 0.6) is 0 Å². The molecule has 0 heterocycles. The summed E-state index contributed by atoms with van der Waals surface area (Å²) >= 11 is 0. The first kappa shape index (κ1) is 10.7. The van der Waals surface area contributed by atoms with Gasteiger partial charge in [0.05, 0.1) is 0 Å². The largest absolute Gasteiger partial charge is 0.396 e. The highest BCUT2D eigenvalue weighted by molar-refractivity contribution is 5.21. The molecule has 1 fully saturated rings. The molecule has 0 bridgehead atoms. The van der Waals surface area contributed by atoms with Crippen molar-refractivity contribution in [2.45, 2.75) is 18.8 Å². The van der Waals surface area contributed by atoms with Crippen LogP contribution in [0.4, 0.5) is 0 Å². The highest BCUT2D eigenvalue weighted by Gasteiger charge is 2.33. The van der Waals surface area contributed by atoms with E-state index in [9.17, 15) is 10.2 Å². The van der Waals surface area contributed by atoms with Gasteiger partial charge in [0.15, 0.2) is 0 Å². The van der Waals surface area contributed by atoms with Crippen molar-refractivity contribution in [2.75, 3.05) is 13.2 Å². The van der Waals surface area contributed by atoms with Crippen molar-refractivity contribution < 1.29 is 10.2 Å². The van der Waals surface area contributed by atoms with Crippen LogP contribution < -0.4 is 0 Å². The van der Waals surface area contributed by atoms with Gasteiger partial charge in [-0.25, -0.2) is 0 Å². The van der Waals surface area contributed by atoms with Crippen LogP contribution in [0.2, 0.25) is 0 Å². The summed E-state index contributed by atoms with van der Waals surface area (Å²) in [5, 5.41) is 18.4. The lowest BCUT2D eigenvalue weighted by atomic mass is 9.96. The lowest BCUT2D eigenvalue weighted by Crippen LogP contribution is -2.15. The summed E-state index contributed by atoms with van der Waals surface area (Å²) in [4.78, 5) is 0. The molecule has 2 N–H and O–H groups in total. The zero-order chi connectivity index (χ0) is 10.7. The minimum atomic E-state index is 0.203. The van der Waals surface area contributed by atoms with Gasteiger partial charge in [-0.3, -0.25) is 0 Å². The van der Waals surface area contributed by atoms with Crippen molar-refractivity contribution in [1.29, 1.82) is 0 Å². The minimum absolute atomic E-state index is 0.203. The molecule has 2 unspecified atom stereocenters.